The number of esters is 2. The van der Waals surface area contributed by atoms with Gasteiger partial charge in [0.2, 0.25) is 0 Å². The maximum Gasteiger partial charge on any atom is 0.472 e. The van der Waals surface area contributed by atoms with Crippen LogP contribution in [0.3, 0.4) is 0 Å². The van der Waals surface area contributed by atoms with Crippen molar-refractivity contribution in [3.8, 4) is 0 Å². The van der Waals surface area contributed by atoms with Gasteiger partial charge in [-0.1, -0.05) is 179 Å². The first-order valence-corrected chi connectivity index (χ1v) is 23.9. The van der Waals surface area contributed by atoms with Crippen molar-refractivity contribution in [2.75, 3.05) is 26.4 Å². The molecule has 0 aliphatic rings. The number of allylic oxidation sites excluding steroid dienone is 6. The van der Waals surface area contributed by atoms with Crippen molar-refractivity contribution < 1.29 is 47.8 Å². The number of rotatable bonds is 42. The molecule has 11 heteroatoms. The van der Waals surface area contributed by atoms with Gasteiger partial charge < -0.3 is 24.6 Å². The lowest BCUT2D eigenvalue weighted by Crippen LogP contribution is -2.29. The van der Waals surface area contributed by atoms with Crippen LogP contribution in [0.1, 0.15) is 200 Å². The molecule has 3 atom stereocenters. The molecule has 0 bridgehead atoms. The van der Waals surface area contributed by atoms with E-state index in [2.05, 4.69) is 50.3 Å². The Balaban J connectivity index is 4.26. The maximum atomic E-state index is 12.6. The number of aliphatic hydroxyl groups is 2. The van der Waals surface area contributed by atoms with Gasteiger partial charge in [-0.25, -0.2) is 4.57 Å². The van der Waals surface area contributed by atoms with Crippen molar-refractivity contribution in [2.45, 2.75) is 212 Å². The van der Waals surface area contributed by atoms with Crippen LogP contribution in [0.2, 0.25) is 0 Å². The third-order valence-electron chi connectivity index (χ3n) is 9.56. The quantitative estimate of drug-likeness (QED) is 0.0235. The molecule has 0 rings (SSSR count). The first kappa shape index (κ1) is 54.2. The predicted molar refractivity (Wildman–Crippen MR) is 228 cm³/mol. The van der Waals surface area contributed by atoms with Gasteiger partial charge in [0.15, 0.2) is 6.10 Å². The Morgan fingerprint density at radius 3 is 1.48 bits per heavy atom. The van der Waals surface area contributed by atoms with E-state index in [1.165, 1.54) is 89.9 Å². The Kier molecular flexibility index (Phi) is 40.0. The third kappa shape index (κ3) is 40.4. The standard InChI is InChI=1S/C45H83O10P/c1-3-5-7-9-11-13-15-17-19-20-21-23-24-26-28-30-32-34-36-44(48)52-40-43(41-54-56(50,51)53-39-42(47)38-46)55-45(49)37-35-33-31-29-27-25-22-18-16-14-12-10-8-6-4-2/h6,8,12,14,18,22,42-43,46-47H,3-5,7,9-11,13,15-17,19-21,23-41H2,1-2H3,(H,50,51)/b8-6+,14-12+,22-18+/t42-,43+/m0/s1. The van der Waals surface area contributed by atoms with E-state index >= 15 is 0 Å². The van der Waals surface area contributed by atoms with E-state index in [-0.39, 0.29) is 19.4 Å². The van der Waals surface area contributed by atoms with Gasteiger partial charge in [-0.2, -0.15) is 0 Å². The molecule has 0 aliphatic carbocycles. The summed E-state index contributed by atoms with van der Waals surface area (Å²) in [5, 5.41) is 18.3. The highest BCUT2D eigenvalue weighted by Crippen LogP contribution is 2.43. The minimum absolute atomic E-state index is 0.166. The summed E-state index contributed by atoms with van der Waals surface area (Å²) in [4.78, 5) is 35.0. The average Bonchev–Trinajstić information content (AvgIpc) is 3.19. The second-order valence-electron chi connectivity index (χ2n) is 15.1. The average molecular weight is 815 g/mol. The highest BCUT2D eigenvalue weighted by atomic mass is 31.2. The van der Waals surface area contributed by atoms with E-state index in [0.717, 1.165) is 70.6 Å². The van der Waals surface area contributed by atoms with Crippen LogP contribution in [0.5, 0.6) is 0 Å². The lowest BCUT2D eigenvalue weighted by atomic mass is 10.0. The Bertz CT molecular complexity index is 1030. The van der Waals surface area contributed by atoms with E-state index in [0.29, 0.717) is 12.8 Å². The predicted octanol–water partition coefficient (Wildman–Crippen LogP) is 11.9. The lowest BCUT2D eigenvalue weighted by Gasteiger charge is -2.20. The fourth-order valence-electron chi connectivity index (χ4n) is 6.13. The minimum atomic E-state index is -4.62. The van der Waals surface area contributed by atoms with Gasteiger partial charge in [0, 0.05) is 12.8 Å². The Hall–Kier alpha value is -1.81. The van der Waals surface area contributed by atoms with Gasteiger partial charge in [0.25, 0.3) is 0 Å². The molecule has 0 fully saturated rings. The molecule has 0 aromatic carbocycles. The fraction of sp³-hybridized carbons (Fsp3) is 0.822. The highest BCUT2D eigenvalue weighted by Gasteiger charge is 2.27. The summed E-state index contributed by atoms with van der Waals surface area (Å²) < 4.78 is 32.7. The summed E-state index contributed by atoms with van der Waals surface area (Å²) in [5.74, 6) is -0.938. The van der Waals surface area contributed by atoms with Gasteiger partial charge in [-0.15, -0.1) is 0 Å². The Morgan fingerprint density at radius 2 is 0.982 bits per heavy atom. The molecule has 0 saturated heterocycles. The van der Waals surface area contributed by atoms with Crippen LogP contribution in [0, 0.1) is 0 Å². The van der Waals surface area contributed by atoms with Crippen LogP contribution >= 0.6 is 7.82 Å². The maximum absolute atomic E-state index is 12.6. The first-order chi connectivity index (χ1) is 27.2. The summed E-state index contributed by atoms with van der Waals surface area (Å²) in [5.41, 5.74) is 0. The monoisotopic (exact) mass is 815 g/mol. The normalized spacial score (nSPS) is 14.2. The molecule has 0 saturated carbocycles. The zero-order valence-corrected chi connectivity index (χ0v) is 36.5. The number of hydrogen-bond donors (Lipinski definition) is 3. The molecule has 0 aromatic heterocycles. The van der Waals surface area contributed by atoms with Crippen LogP contribution < -0.4 is 0 Å². The number of unbranched alkanes of at least 4 members (excludes halogenated alkanes) is 22. The van der Waals surface area contributed by atoms with E-state index in [1.54, 1.807) is 0 Å². The van der Waals surface area contributed by atoms with Gasteiger partial charge >= 0.3 is 19.8 Å². The minimum Gasteiger partial charge on any atom is -0.462 e. The molecule has 328 valence electrons. The zero-order valence-electron chi connectivity index (χ0n) is 35.6. The second kappa shape index (κ2) is 41.4. The van der Waals surface area contributed by atoms with Gasteiger partial charge in [0.05, 0.1) is 19.8 Å². The number of ether oxygens (including phenoxy) is 2. The summed E-state index contributed by atoms with van der Waals surface area (Å²) in [7, 11) is -4.62. The van der Waals surface area contributed by atoms with E-state index in [1.807, 2.05) is 0 Å². The number of phosphoric ester groups is 1. The van der Waals surface area contributed by atoms with E-state index in [4.69, 9.17) is 23.6 Å². The van der Waals surface area contributed by atoms with Crippen LogP contribution in [0.15, 0.2) is 36.5 Å². The molecular weight excluding hydrogens is 731 g/mol. The molecule has 0 amide bonds. The Labute approximate surface area is 341 Å². The van der Waals surface area contributed by atoms with E-state index in [9.17, 15) is 24.2 Å². The molecule has 3 N–H and O–H groups in total. The molecule has 0 heterocycles. The molecule has 1 unspecified atom stereocenters. The molecule has 10 nitrogen and oxygen atoms in total. The Morgan fingerprint density at radius 1 is 0.554 bits per heavy atom. The van der Waals surface area contributed by atoms with Crippen molar-refractivity contribution in [3.05, 3.63) is 36.5 Å². The fourth-order valence-corrected chi connectivity index (χ4v) is 6.92. The van der Waals surface area contributed by atoms with Gasteiger partial charge in [0.1, 0.15) is 12.7 Å². The topological polar surface area (TPSA) is 149 Å². The number of carbonyl (C=O) groups excluding carboxylic acids is 2. The van der Waals surface area contributed by atoms with Crippen LogP contribution in [0.4, 0.5) is 0 Å². The highest BCUT2D eigenvalue weighted by molar-refractivity contribution is 7.47. The molecular formula is C45H83O10P. The number of aliphatic hydroxyl groups excluding tert-OH is 2. The number of hydrogen-bond acceptors (Lipinski definition) is 9. The number of phosphoric acid groups is 1. The van der Waals surface area contributed by atoms with E-state index < -0.39 is 51.8 Å². The van der Waals surface area contributed by atoms with Gasteiger partial charge in [-0.05, 0) is 44.9 Å². The summed E-state index contributed by atoms with van der Waals surface area (Å²) >= 11 is 0. The molecule has 56 heavy (non-hydrogen) atoms. The van der Waals surface area contributed by atoms with Gasteiger partial charge in [-0.3, -0.25) is 18.6 Å². The molecule has 0 spiro atoms. The third-order valence-corrected chi connectivity index (χ3v) is 10.5. The van der Waals surface area contributed by atoms with Crippen LogP contribution in [0.25, 0.3) is 0 Å². The van der Waals surface area contributed by atoms with Crippen LogP contribution in [-0.2, 0) is 32.7 Å². The largest absolute Gasteiger partial charge is 0.472 e. The van der Waals surface area contributed by atoms with Crippen molar-refractivity contribution in [1.29, 1.82) is 0 Å². The second-order valence-corrected chi connectivity index (χ2v) is 16.5. The smallest absolute Gasteiger partial charge is 0.462 e. The SMILES string of the molecule is CC/C=C/C/C=C/C/C=C/CCCCCCCC(=O)O[C@H](COC(=O)CCCCCCCCCCCCCCCCCCCC)COP(=O)(O)OC[C@@H](O)CO. The summed E-state index contributed by atoms with van der Waals surface area (Å²) in [6.45, 7) is 2.27. The summed E-state index contributed by atoms with van der Waals surface area (Å²) in [6, 6.07) is 0. The zero-order chi connectivity index (χ0) is 41.2. The molecule has 0 aliphatic heterocycles. The lowest BCUT2D eigenvalue weighted by molar-refractivity contribution is -0.161. The molecule has 0 radical (unpaired) electrons. The van der Waals surface area contributed by atoms with Crippen molar-refractivity contribution >= 4 is 19.8 Å². The van der Waals surface area contributed by atoms with Crippen LogP contribution in [-0.4, -0.2) is 65.7 Å². The molecule has 0 aromatic rings. The number of carbonyl (C=O) groups is 2. The van der Waals surface area contributed by atoms with Crippen molar-refractivity contribution in [2.24, 2.45) is 0 Å². The summed E-state index contributed by atoms with van der Waals surface area (Å²) in [6.07, 6.45) is 42.5. The van der Waals surface area contributed by atoms with Crippen molar-refractivity contribution in [1.82, 2.24) is 0 Å². The van der Waals surface area contributed by atoms with Crippen molar-refractivity contribution in [3.63, 3.8) is 0 Å². The first-order valence-electron chi connectivity index (χ1n) is 22.4.